The normalized spacial score (nSPS) is 11.6. The molecule has 0 aliphatic rings. The maximum absolute atomic E-state index is 5.39. The third-order valence-electron chi connectivity index (χ3n) is 16.0. The van der Waals surface area contributed by atoms with Crippen LogP contribution in [0.3, 0.4) is 0 Å². The molecule has 7 aromatic heterocycles. The number of pyridine rings is 2. The van der Waals surface area contributed by atoms with Crippen LogP contribution in [0.1, 0.15) is 11.3 Å². The van der Waals surface area contributed by atoms with Gasteiger partial charge in [-0.25, -0.2) is 29.9 Å². The molecule has 9 nitrogen and oxygen atoms in total. The number of imidazole rings is 1. The first-order chi connectivity index (χ1) is 42.1. The fraction of sp³-hybridized carbons (Fsp3) is 0.0133. The zero-order valence-corrected chi connectivity index (χ0v) is 47.3. The summed E-state index contributed by atoms with van der Waals surface area (Å²) in [5.74, 6) is 3.01. The molecule has 0 saturated carbocycles. The first-order valence-electron chi connectivity index (χ1n) is 28.4. The lowest BCUT2D eigenvalue weighted by atomic mass is 10.0. The zero-order valence-electron chi connectivity index (χ0n) is 45.7. The SMILES string of the molecule is Brc1ccccc1Cc1nc2c3ccccc3n(-c3cc(-c4ccccc4)nc(-c4ccccc4)n3)c2c2ccccc12.c1ccc(-c2cc(-n3c4ccccc4c4c3c3ccccc3c3nc5ccccc5n34)nc(-c3ccccc3)n2)cc1. The second kappa shape index (κ2) is 20.8. The standard InChI is InChI=1S/C38H25BrN4.C37H23N5/c39-31-21-11-7-17-27(31)23-33-28-18-8-9-19-29(28)37-36(40-33)30-20-10-12-22-34(30)43(37)35-24-32(25-13-3-1-4-14-25)41-38(42-35)26-15-5-2-6-16-26;1-3-13-24(14-4-1)30-23-33(40-36(38-30)25-15-5-2-6-16-25)41-31-21-11-9-19-28(31)35-34(41)26-17-7-8-18-27(26)37-39-29-20-10-12-22-32(29)42(35)37/h1-22,24H,23H2;1-23H. The largest absolute Gasteiger partial charge is 0.291 e. The summed E-state index contributed by atoms with van der Waals surface area (Å²) >= 11 is 3.75. The molecule has 0 aliphatic carbocycles. The molecule has 17 aromatic rings. The van der Waals surface area contributed by atoms with E-state index in [-0.39, 0.29) is 0 Å². The fourth-order valence-corrected chi connectivity index (χ4v) is 12.6. The number of fused-ring (bicyclic) bond motifs is 15. The van der Waals surface area contributed by atoms with Gasteiger partial charge in [0.2, 0.25) is 0 Å². The number of rotatable bonds is 8. The van der Waals surface area contributed by atoms with Crippen LogP contribution in [0, 0.1) is 0 Å². The van der Waals surface area contributed by atoms with E-state index in [1.165, 1.54) is 5.56 Å². The first kappa shape index (κ1) is 49.8. The molecular formula is C75H48BrN9. The maximum Gasteiger partial charge on any atom is 0.162 e. The Bertz CT molecular complexity index is 5290. The van der Waals surface area contributed by atoms with E-state index in [1.54, 1.807) is 0 Å². The van der Waals surface area contributed by atoms with E-state index in [1.807, 2.05) is 78.9 Å². The topological polar surface area (TPSA) is 91.6 Å². The van der Waals surface area contributed by atoms with Gasteiger partial charge >= 0.3 is 0 Å². The molecule has 10 aromatic carbocycles. The van der Waals surface area contributed by atoms with Gasteiger partial charge in [0.15, 0.2) is 11.6 Å². The molecule has 7 heterocycles. The van der Waals surface area contributed by atoms with Crippen LogP contribution in [0.4, 0.5) is 0 Å². The van der Waals surface area contributed by atoms with Crippen LogP contribution in [0.15, 0.2) is 284 Å². The van der Waals surface area contributed by atoms with Crippen LogP contribution in [-0.2, 0) is 6.42 Å². The van der Waals surface area contributed by atoms with E-state index in [0.29, 0.717) is 11.6 Å². The van der Waals surface area contributed by atoms with Gasteiger partial charge in [-0.05, 0) is 35.9 Å². The zero-order chi connectivity index (χ0) is 56.4. The summed E-state index contributed by atoms with van der Waals surface area (Å²) in [5, 5.41) is 6.76. The van der Waals surface area contributed by atoms with Crippen molar-refractivity contribution in [2.75, 3.05) is 0 Å². The molecule has 85 heavy (non-hydrogen) atoms. The highest BCUT2D eigenvalue weighted by Gasteiger charge is 2.25. The number of nitrogens with zero attached hydrogens (tertiary/aromatic N) is 9. The van der Waals surface area contributed by atoms with Crippen molar-refractivity contribution in [2.24, 2.45) is 0 Å². The number of aromatic nitrogens is 9. The summed E-state index contributed by atoms with van der Waals surface area (Å²) in [5.41, 5.74) is 17.5. The van der Waals surface area contributed by atoms with Gasteiger partial charge in [0.25, 0.3) is 0 Å². The number of halogens is 1. The highest BCUT2D eigenvalue weighted by atomic mass is 79.9. The van der Waals surface area contributed by atoms with E-state index in [0.717, 1.165) is 144 Å². The fourth-order valence-electron chi connectivity index (χ4n) is 12.2. The molecule has 0 atom stereocenters. The summed E-state index contributed by atoms with van der Waals surface area (Å²) in [6.07, 6.45) is 0.723. The minimum atomic E-state index is 0.686. The lowest BCUT2D eigenvalue weighted by molar-refractivity contribution is 1.05. The van der Waals surface area contributed by atoms with E-state index in [2.05, 4.69) is 230 Å². The molecule has 17 rings (SSSR count). The van der Waals surface area contributed by atoms with Crippen molar-refractivity contribution in [3.8, 4) is 56.9 Å². The van der Waals surface area contributed by atoms with Crippen molar-refractivity contribution < 1.29 is 0 Å². The Morgan fingerprint density at radius 1 is 0.318 bits per heavy atom. The van der Waals surface area contributed by atoms with Crippen LogP contribution < -0.4 is 0 Å². The highest BCUT2D eigenvalue weighted by molar-refractivity contribution is 9.10. The Labute approximate surface area is 496 Å². The molecule has 0 aliphatic heterocycles. The van der Waals surface area contributed by atoms with Crippen molar-refractivity contribution in [3.05, 3.63) is 295 Å². The molecule has 0 saturated heterocycles. The van der Waals surface area contributed by atoms with Gasteiger partial charge in [0.05, 0.1) is 61.2 Å². The lowest BCUT2D eigenvalue weighted by Gasteiger charge is -2.14. The predicted molar refractivity (Wildman–Crippen MR) is 350 cm³/mol. The minimum absolute atomic E-state index is 0.686. The Morgan fingerprint density at radius 3 is 1.34 bits per heavy atom. The Balaban J connectivity index is 0.000000138. The van der Waals surface area contributed by atoms with Crippen molar-refractivity contribution in [1.29, 1.82) is 0 Å². The van der Waals surface area contributed by atoms with Gasteiger partial charge in [0.1, 0.15) is 17.3 Å². The summed E-state index contributed by atoms with van der Waals surface area (Å²) < 4.78 is 7.99. The third-order valence-corrected chi connectivity index (χ3v) is 16.8. The van der Waals surface area contributed by atoms with Crippen molar-refractivity contribution in [2.45, 2.75) is 6.42 Å². The molecule has 0 bridgehead atoms. The number of benzene rings is 10. The summed E-state index contributed by atoms with van der Waals surface area (Å²) in [4.78, 5) is 31.0. The van der Waals surface area contributed by atoms with Crippen molar-refractivity contribution in [1.82, 2.24) is 43.4 Å². The number of hydrogen-bond acceptors (Lipinski definition) is 6. The van der Waals surface area contributed by atoms with E-state index in [9.17, 15) is 0 Å². The second-order valence-electron chi connectivity index (χ2n) is 21.1. The second-order valence-corrected chi connectivity index (χ2v) is 22.0. The molecular weight excluding hydrogens is 1110 g/mol. The molecule has 10 heteroatoms. The maximum atomic E-state index is 5.39. The van der Waals surface area contributed by atoms with Crippen molar-refractivity contribution >= 4 is 98.0 Å². The molecule has 0 radical (unpaired) electrons. The Kier molecular flexibility index (Phi) is 12.2. The van der Waals surface area contributed by atoms with Crippen LogP contribution in [0.5, 0.6) is 0 Å². The Morgan fingerprint density at radius 2 is 0.753 bits per heavy atom. The summed E-state index contributed by atoms with van der Waals surface area (Å²) in [6, 6.07) is 96.2. The monoisotopic (exact) mass is 1150 g/mol. The van der Waals surface area contributed by atoms with E-state index >= 15 is 0 Å². The van der Waals surface area contributed by atoms with Crippen LogP contribution >= 0.6 is 15.9 Å². The lowest BCUT2D eigenvalue weighted by Crippen LogP contribution is -2.03. The van der Waals surface area contributed by atoms with Gasteiger partial charge in [-0.1, -0.05) is 253 Å². The van der Waals surface area contributed by atoms with Crippen molar-refractivity contribution in [3.63, 3.8) is 0 Å². The van der Waals surface area contributed by atoms with Gasteiger partial charge in [-0.15, -0.1) is 0 Å². The number of hydrogen-bond donors (Lipinski definition) is 0. The van der Waals surface area contributed by atoms with Crippen LogP contribution in [0.25, 0.3) is 139 Å². The molecule has 0 unspecified atom stereocenters. The highest BCUT2D eigenvalue weighted by Crippen LogP contribution is 2.42. The van der Waals surface area contributed by atoms with E-state index < -0.39 is 0 Å². The van der Waals surface area contributed by atoms with Crippen LogP contribution in [0.2, 0.25) is 0 Å². The van der Waals surface area contributed by atoms with Gasteiger partial charge in [0, 0.05) is 77.6 Å². The van der Waals surface area contributed by atoms with Gasteiger partial charge in [-0.2, -0.15) is 0 Å². The van der Waals surface area contributed by atoms with Gasteiger partial charge in [-0.3, -0.25) is 13.5 Å². The molecule has 0 fully saturated rings. The average molecular weight is 1160 g/mol. The molecule has 0 spiro atoms. The first-order valence-corrected chi connectivity index (χ1v) is 29.1. The smallest absolute Gasteiger partial charge is 0.162 e. The molecule has 0 amide bonds. The molecule has 400 valence electrons. The van der Waals surface area contributed by atoms with Gasteiger partial charge < -0.3 is 0 Å². The summed E-state index contributed by atoms with van der Waals surface area (Å²) in [7, 11) is 0. The number of para-hydroxylation sites is 4. The quantitative estimate of drug-likeness (QED) is 0.151. The molecule has 0 N–H and O–H groups in total. The average Bonchev–Trinajstić information content (AvgIpc) is 1.88. The Hall–Kier alpha value is -10.9. The predicted octanol–water partition coefficient (Wildman–Crippen LogP) is 18.7. The minimum Gasteiger partial charge on any atom is -0.291 e. The van der Waals surface area contributed by atoms with E-state index in [4.69, 9.17) is 29.9 Å². The summed E-state index contributed by atoms with van der Waals surface area (Å²) in [6.45, 7) is 0. The third kappa shape index (κ3) is 8.60. The van der Waals surface area contributed by atoms with Crippen LogP contribution in [-0.4, -0.2) is 43.4 Å².